The minimum absolute atomic E-state index is 0.0248. The van der Waals surface area contributed by atoms with Crippen molar-refractivity contribution in [2.45, 2.75) is 85.8 Å². The Morgan fingerprint density at radius 1 is 0.451 bits per heavy atom. The lowest BCUT2D eigenvalue weighted by Crippen LogP contribution is -2.32. The van der Waals surface area contributed by atoms with Crippen LogP contribution in [-0.2, 0) is 85.5 Å². The highest BCUT2D eigenvalue weighted by atomic mass is 19.1. The average Bonchev–Trinajstić information content (AvgIpc) is 1.65. The van der Waals surface area contributed by atoms with Gasteiger partial charge in [-0.15, -0.1) is 0 Å². The number of hydrogen-bond acceptors (Lipinski definition) is 20. The SMILES string of the molecule is CCc1cccc(CNc2nc(F)nc3c2ncn3C)c1.Cc1cc(Cc2nc(NCc3ccccc3)nc3c2ncn3C)nn1C.Cn1cnc2c(NCc3ccc(C(=O)c4ccccc4)cc3)nc(F)nc21.Cn1cnc2c(NCc3ccc(CNC(=O)OC(C)(C)C)cc3)nc(F)nc21. The van der Waals surface area contributed by atoms with Gasteiger partial charge >= 0.3 is 24.3 Å². The molecule has 5 N–H and O–H groups in total. The lowest BCUT2D eigenvalue weighted by Gasteiger charge is -2.19. The second kappa shape index (κ2) is 32.0. The molecule has 0 aliphatic rings. The standard InChI is InChI=1S/C20H16FN5O.C19H23FN6O2.C19H21N7.C15H16FN5/c1-26-12-23-16-18(24-20(21)25-19(16)26)22-11-13-7-9-15(10-8-13)17(27)14-5-3-2-4-6-14;1-19(2,3)28-18(27)22-10-13-7-5-12(6-8-13)9-21-15-14-16(25-17(20)24-15)26(4)11-23-14;1-13-9-15(24-26(13)3)10-16-17-18(25(2)12-21-17)23-19(22-16)20-11-14-7-5-4-6-8-14;1-3-10-5-4-6-11(7-10)8-17-13-12-14(20-15(16)19-13)21(2)9-18-12/h2-10,12H,11H2,1H3,(H,22,24,25);5-8,11H,9-10H2,1-4H3,(H,22,27)(H,21,24,25);4-9,12H,10-11H2,1-3H3,(H,20,22,23);4-7,9H,3,8H2,1-2H3,(H,17,19,20). The van der Waals surface area contributed by atoms with Crippen LogP contribution in [0.15, 0.2) is 165 Å². The zero-order valence-electron chi connectivity index (χ0n) is 57.9. The Labute approximate surface area is 585 Å². The molecule has 0 atom stereocenters. The van der Waals surface area contributed by atoms with E-state index in [-0.39, 0.29) is 5.78 Å². The van der Waals surface area contributed by atoms with Gasteiger partial charge in [0.15, 0.2) is 62.4 Å². The molecule has 9 heterocycles. The van der Waals surface area contributed by atoms with E-state index in [1.165, 1.54) is 11.1 Å². The molecule has 9 aromatic heterocycles. The van der Waals surface area contributed by atoms with Gasteiger partial charge in [-0.25, -0.2) is 29.7 Å². The predicted molar refractivity (Wildman–Crippen MR) is 383 cm³/mol. The van der Waals surface area contributed by atoms with Crippen molar-refractivity contribution in [3.63, 3.8) is 0 Å². The van der Waals surface area contributed by atoms with E-state index in [9.17, 15) is 22.8 Å². The van der Waals surface area contributed by atoms with Gasteiger partial charge in [0, 0.05) is 91.2 Å². The summed E-state index contributed by atoms with van der Waals surface area (Å²) in [7, 11) is 9.15. The summed E-state index contributed by atoms with van der Waals surface area (Å²) in [6.07, 6.45) is 5.29. The lowest BCUT2D eigenvalue weighted by molar-refractivity contribution is 0.0523. The molecule has 29 heteroatoms. The normalized spacial score (nSPS) is 11.1. The van der Waals surface area contributed by atoms with Crippen molar-refractivity contribution in [3.8, 4) is 0 Å². The molecule has 0 unspecified atom stereocenters. The monoisotopic (exact) mass is 1380 g/mol. The molecule has 14 rings (SSSR count). The van der Waals surface area contributed by atoms with Crippen molar-refractivity contribution < 1.29 is 27.5 Å². The van der Waals surface area contributed by atoms with Gasteiger partial charge in [0.1, 0.15) is 11.1 Å². The third kappa shape index (κ3) is 18.2. The molecule has 0 saturated heterocycles. The number of imidazole rings is 4. The van der Waals surface area contributed by atoms with Crippen LogP contribution >= 0.6 is 0 Å². The average molecular weight is 1380 g/mol. The maximum Gasteiger partial charge on any atom is 0.407 e. The number of nitrogens with zero attached hydrogens (tertiary/aromatic N) is 18. The number of rotatable bonds is 19. The fourth-order valence-electron chi connectivity index (χ4n) is 10.6. The molecule has 1 amide bonds. The van der Waals surface area contributed by atoms with Crippen molar-refractivity contribution in [1.29, 1.82) is 0 Å². The van der Waals surface area contributed by atoms with E-state index in [1.807, 2.05) is 136 Å². The fourth-order valence-corrected chi connectivity index (χ4v) is 10.6. The number of aryl methyl sites for hydroxylation is 7. The minimum Gasteiger partial charge on any atom is -0.444 e. The number of benzene rings is 5. The Morgan fingerprint density at radius 3 is 1.34 bits per heavy atom. The molecule has 0 radical (unpaired) electrons. The van der Waals surface area contributed by atoms with Crippen molar-refractivity contribution in [2.24, 2.45) is 35.2 Å². The predicted octanol–water partition coefficient (Wildman–Crippen LogP) is 11.8. The maximum atomic E-state index is 13.6. The molecular weight excluding hydrogens is 1300 g/mol. The zero-order chi connectivity index (χ0) is 72.0. The van der Waals surface area contributed by atoms with Gasteiger partial charge < -0.3 is 49.6 Å². The Hall–Kier alpha value is -12.6. The number of carbonyl (C=O) groups excluding carboxylic acids is 2. The van der Waals surface area contributed by atoms with Crippen molar-refractivity contribution >= 4 is 79.9 Å². The minimum atomic E-state index is -0.808. The van der Waals surface area contributed by atoms with Gasteiger partial charge in [-0.1, -0.05) is 140 Å². The number of halogens is 3. The molecule has 5 aromatic carbocycles. The molecule has 102 heavy (non-hydrogen) atoms. The van der Waals surface area contributed by atoms with E-state index < -0.39 is 29.9 Å². The van der Waals surface area contributed by atoms with Gasteiger partial charge in [-0.3, -0.25) is 9.48 Å². The van der Waals surface area contributed by atoms with Gasteiger partial charge in [-0.2, -0.15) is 53.2 Å². The number of carbonyl (C=O) groups is 2. The van der Waals surface area contributed by atoms with Crippen LogP contribution < -0.4 is 26.6 Å². The molecule has 0 saturated carbocycles. The topological polar surface area (TPSA) is 296 Å². The van der Waals surface area contributed by atoms with E-state index in [4.69, 9.17) is 9.72 Å². The van der Waals surface area contributed by atoms with E-state index >= 15 is 0 Å². The van der Waals surface area contributed by atoms with Gasteiger partial charge in [-0.05, 0) is 73.6 Å². The summed E-state index contributed by atoms with van der Waals surface area (Å²) in [6, 6.07) is 44.6. The molecule has 0 aliphatic carbocycles. The fraction of sp³-hybridized carbons (Fsp3) is 0.247. The number of ether oxygens (including phenoxy) is 1. The Kier molecular flexibility index (Phi) is 22.2. The smallest absolute Gasteiger partial charge is 0.407 e. The van der Waals surface area contributed by atoms with Crippen LogP contribution in [0, 0.1) is 25.2 Å². The van der Waals surface area contributed by atoms with Crippen LogP contribution in [0.4, 0.5) is 41.4 Å². The second-order valence-electron chi connectivity index (χ2n) is 24.8. The third-order valence-electron chi connectivity index (χ3n) is 15.9. The van der Waals surface area contributed by atoms with Crippen LogP contribution in [0.3, 0.4) is 0 Å². The van der Waals surface area contributed by atoms with Crippen molar-refractivity contribution in [3.05, 3.63) is 245 Å². The molecule has 0 bridgehead atoms. The Balaban J connectivity index is 0.000000137. The highest BCUT2D eigenvalue weighted by Crippen LogP contribution is 2.24. The van der Waals surface area contributed by atoms with E-state index in [1.54, 1.807) is 84.4 Å². The first-order chi connectivity index (χ1) is 49.1. The van der Waals surface area contributed by atoms with Gasteiger partial charge in [0.05, 0.1) is 36.7 Å². The lowest BCUT2D eigenvalue weighted by atomic mass is 10.0. The molecule has 0 spiro atoms. The summed E-state index contributed by atoms with van der Waals surface area (Å²) < 4.78 is 54.7. The molecule has 522 valence electrons. The van der Waals surface area contributed by atoms with Crippen molar-refractivity contribution in [2.75, 3.05) is 21.3 Å². The van der Waals surface area contributed by atoms with Crippen molar-refractivity contribution in [1.82, 2.24) is 93.2 Å². The Bertz CT molecular complexity index is 5190. The molecule has 14 aromatic rings. The van der Waals surface area contributed by atoms with Crippen LogP contribution in [0.25, 0.3) is 44.7 Å². The summed E-state index contributed by atoms with van der Waals surface area (Å²) in [6.45, 7) is 12.1. The first-order valence-corrected chi connectivity index (χ1v) is 32.6. The highest BCUT2D eigenvalue weighted by Gasteiger charge is 2.19. The van der Waals surface area contributed by atoms with Crippen LogP contribution in [-0.4, -0.2) is 105 Å². The number of alkyl carbamates (subject to hydrolysis) is 1. The number of hydrogen-bond donors (Lipinski definition) is 5. The molecule has 0 aliphatic heterocycles. The van der Waals surface area contributed by atoms with Crippen LogP contribution in [0.2, 0.25) is 0 Å². The third-order valence-corrected chi connectivity index (χ3v) is 15.9. The highest BCUT2D eigenvalue weighted by molar-refractivity contribution is 6.09. The summed E-state index contributed by atoms with van der Waals surface area (Å²) in [4.78, 5) is 73.3. The quantitative estimate of drug-likeness (QED) is 0.0371. The Morgan fingerprint density at radius 2 is 0.863 bits per heavy atom. The largest absolute Gasteiger partial charge is 0.444 e. The van der Waals surface area contributed by atoms with Gasteiger partial charge in [0.2, 0.25) is 5.95 Å². The maximum absolute atomic E-state index is 13.6. The zero-order valence-corrected chi connectivity index (χ0v) is 57.9. The first kappa shape index (κ1) is 70.7. The first-order valence-electron chi connectivity index (χ1n) is 32.6. The summed E-state index contributed by atoms with van der Waals surface area (Å²) in [5, 5.41) is 19.9. The number of nitrogens with one attached hydrogen (secondary N) is 5. The van der Waals surface area contributed by atoms with E-state index in [0.717, 1.165) is 56.9 Å². The summed E-state index contributed by atoms with van der Waals surface area (Å²) in [5.74, 6) is 1.68. The van der Waals surface area contributed by atoms with Gasteiger partial charge in [0.25, 0.3) is 0 Å². The number of aromatic nitrogens is 18. The van der Waals surface area contributed by atoms with Crippen LogP contribution in [0.1, 0.15) is 94.1 Å². The van der Waals surface area contributed by atoms with E-state index in [0.29, 0.717) is 107 Å². The van der Waals surface area contributed by atoms with Crippen LogP contribution in [0.5, 0.6) is 0 Å². The number of amides is 1. The number of fused-ring (bicyclic) bond motifs is 4. The second-order valence-corrected chi connectivity index (χ2v) is 24.8. The molecule has 0 fully saturated rings. The molecule has 26 nitrogen and oxygen atoms in total. The number of anilines is 4. The summed E-state index contributed by atoms with van der Waals surface area (Å²) >= 11 is 0. The van der Waals surface area contributed by atoms with E-state index in [2.05, 4.69) is 124 Å². The summed E-state index contributed by atoms with van der Waals surface area (Å²) in [5.41, 5.74) is 14.7. The molecular formula is C73H76F3N23O3. The number of ketones is 1.